The van der Waals surface area contributed by atoms with Crippen LogP contribution in [0, 0.1) is 12.7 Å². The first-order chi connectivity index (χ1) is 12.1. The van der Waals surface area contributed by atoms with Crippen LogP contribution in [0.3, 0.4) is 0 Å². The summed E-state index contributed by atoms with van der Waals surface area (Å²) in [7, 11) is 3.44. The van der Waals surface area contributed by atoms with Crippen LogP contribution < -0.4 is 10.6 Å². The molecule has 0 spiro atoms. The van der Waals surface area contributed by atoms with E-state index in [1.54, 1.807) is 25.1 Å². The van der Waals surface area contributed by atoms with Gasteiger partial charge in [0.1, 0.15) is 17.2 Å². The second-order valence-electron chi connectivity index (χ2n) is 7.35. The number of nitrogens with zero attached hydrogens (tertiary/aromatic N) is 2. The van der Waals surface area contributed by atoms with Gasteiger partial charge in [-0.05, 0) is 45.9 Å². The first kappa shape index (κ1) is 23.2. The monoisotopic (exact) mass is 490 g/mol. The summed E-state index contributed by atoms with van der Waals surface area (Å²) >= 11 is 0. The fraction of sp³-hybridized carbons (Fsp3) is 0.474. The normalized spacial score (nSPS) is 11.9. The molecule has 0 atom stereocenters. The second-order valence-corrected chi connectivity index (χ2v) is 7.35. The molecule has 2 N–H and O–H groups in total. The summed E-state index contributed by atoms with van der Waals surface area (Å²) in [5.74, 6) is 0.902. The van der Waals surface area contributed by atoms with E-state index in [1.165, 1.54) is 12.1 Å². The van der Waals surface area contributed by atoms with Crippen molar-refractivity contribution in [3.63, 3.8) is 0 Å². The summed E-state index contributed by atoms with van der Waals surface area (Å²) in [5, 5.41) is 6.86. The number of fused-ring (bicyclic) bond motifs is 1. The number of furan rings is 1. The lowest BCUT2D eigenvalue weighted by atomic mass is 10.1. The molecule has 0 aliphatic heterocycles. The maximum Gasteiger partial charge on any atom is 0.240 e. The summed E-state index contributed by atoms with van der Waals surface area (Å²) in [6.07, 6.45) is 0. The molecule has 2 aromatic rings. The van der Waals surface area contributed by atoms with E-state index in [0.29, 0.717) is 23.8 Å². The Hall–Kier alpha value is -1.84. The lowest BCUT2D eigenvalue weighted by molar-refractivity contribution is -0.122. The smallest absolute Gasteiger partial charge is 0.240 e. The van der Waals surface area contributed by atoms with Gasteiger partial charge in [0.25, 0.3) is 0 Å². The van der Waals surface area contributed by atoms with Crippen molar-refractivity contribution in [2.45, 2.75) is 39.8 Å². The lowest BCUT2D eigenvalue weighted by Crippen LogP contribution is -2.48. The van der Waals surface area contributed by atoms with Crippen molar-refractivity contribution in [2.75, 3.05) is 20.6 Å². The van der Waals surface area contributed by atoms with Crippen LogP contribution in [0.2, 0.25) is 0 Å². The maximum absolute atomic E-state index is 13.4. The molecule has 0 fully saturated rings. The zero-order valence-electron chi connectivity index (χ0n) is 16.6. The van der Waals surface area contributed by atoms with Gasteiger partial charge in [-0.15, -0.1) is 24.0 Å². The third-order valence-electron chi connectivity index (χ3n) is 3.87. The molecule has 150 valence electrons. The molecule has 0 aliphatic rings. The second kappa shape index (κ2) is 9.38. The Morgan fingerprint density at radius 3 is 2.59 bits per heavy atom. The van der Waals surface area contributed by atoms with Crippen molar-refractivity contribution in [3.05, 3.63) is 35.3 Å². The molecule has 6 nitrogen and oxygen atoms in total. The van der Waals surface area contributed by atoms with Gasteiger partial charge in [0.15, 0.2) is 5.96 Å². The molecule has 0 saturated heterocycles. The van der Waals surface area contributed by atoms with Crippen molar-refractivity contribution in [3.8, 4) is 0 Å². The number of likely N-dealkylation sites (N-methyl/N-ethyl adjacent to an activating group) is 1. The third kappa shape index (κ3) is 6.37. The first-order valence-electron chi connectivity index (χ1n) is 8.51. The van der Waals surface area contributed by atoms with Gasteiger partial charge < -0.3 is 20.0 Å². The fourth-order valence-electron chi connectivity index (χ4n) is 2.70. The minimum absolute atomic E-state index is 0. The summed E-state index contributed by atoms with van der Waals surface area (Å²) < 4.78 is 19.2. The molecule has 0 radical (unpaired) electrons. The van der Waals surface area contributed by atoms with E-state index in [2.05, 4.69) is 15.6 Å². The van der Waals surface area contributed by atoms with Gasteiger partial charge in [-0.3, -0.25) is 9.79 Å². The van der Waals surface area contributed by atoms with Crippen LogP contribution in [0.5, 0.6) is 0 Å². The molecule has 1 aromatic carbocycles. The van der Waals surface area contributed by atoms with Gasteiger partial charge in [0.2, 0.25) is 5.91 Å². The van der Waals surface area contributed by atoms with Gasteiger partial charge in [-0.1, -0.05) is 0 Å². The molecule has 27 heavy (non-hydrogen) atoms. The summed E-state index contributed by atoms with van der Waals surface area (Å²) in [6.45, 7) is 8.27. The number of carbonyl (C=O) groups is 1. The number of aliphatic imine (C=N–C) groups is 1. The molecule has 0 aliphatic carbocycles. The van der Waals surface area contributed by atoms with Gasteiger partial charge >= 0.3 is 0 Å². The van der Waals surface area contributed by atoms with E-state index in [9.17, 15) is 9.18 Å². The van der Waals surface area contributed by atoms with Crippen molar-refractivity contribution < 1.29 is 13.6 Å². The van der Waals surface area contributed by atoms with Crippen LogP contribution in [-0.4, -0.2) is 42.9 Å². The van der Waals surface area contributed by atoms with Crippen LogP contribution in [-0.2, 0) is 11.3 Å². The number of rotatable bonds is 4. The summed E-state index contributed by atoms with van der Waals surface area (Å²) in [5.41, 5.74) is 1.25. The quantitative estimate of drug-likeness (QED) is 0.392. The molecule has 1 aromatic heterocycles. The third-order valence-corrected chi connectivity index (χ3v) is 3.87. The Morgan fingerprint density at radius 1 is 1.33 bits per heavy atom. The summed E-state index contributed by atoms with van der Waals surface area (Å²) in [6, 6.07) is 4.47. The number of guanidine groups is 1. The molecule has 0 unspecified atom stereocenters. The molecule has 2 rings (SSSR count). The van der Waals surface area contributed by atoms with E-state index < -0.39 is 0 Å². The van der Waals surface area contributed by atoms with Crippen molar-refractivity contribution >= 4 is 46.8 Å². The van der Waals surface area contributed by atoms with Crippen LogP contribution in [0.1, 0.15) is 32.1 Å². The van der Waals surface area contributed by atoms with Crippen LogP contribution >= 0.6 is 24.0 Å². The van der Waals surface area contributed by atoms with E-state index in [-0.39, 0.29) is 47.8 Å². The predicted octanol–water partition coefficient (Wildman–Crippen LogP) is 3.42. The number of nitrogens with one attached hydrogen (secondary N) is 2. The standard InChI is InChI=1S/C19H27FN4O2.HI/c1-12-14-9-13(20)7-8-15(14)26-16(12)10-22-18(21-5)24(6)11-17(25)23-19(2,3)4;/h7-9H,10-11H2,1-6H3,(H,21,22)(H,23,25);1H. The zero-order valence-corrected chi connectivity index (χ0v) is 19.0. The number of halogens is 2. The highest BCUT2D eigenvalue weighted by molar-refractivity contribution is 14.0. The number of benzene rings is 1. The number of hydrogen-bond donors (Lipinski definition) is 2. The van der Waals surface area contributed by atoms with Crippen LogP contribution in [0.4, 0.5) is 4.39 Å². The first-order valence-corrected chi connectivity index (χ1v) is 8.51. The van der Waals surface area contributed by atoms with Gasteiger partial charge in [-0.25, -0.2) is 4.39 Å². The lowest BCUT2D eigenvalue weighted by Gasteiger charge is -2.25. The van der Waals surface area contributed by atoms with Gasteiger partial charge in [0.05, 0.1) is 13.1 Å². The number of carbonyl (C=O) groups excluding carboxylic acids is 1. The number of hydrogen-bond acceptors (Lipinski definition) is 3. The highest BCUT2D eigenvalue weighted by Gasteiger charge is 2.17. The molecular weight excluding hydrogens is 462 g/mol. The van der Waals surface area contributed by atoms with E-state index >= 15 is 0 Å². The maximum atomic E-state index is 13.4. The van der Waals surface area contributed by atoms with Crippen molar-refractivity contribution in [2.24, 2.45) is 4.99 Å². The zero-order chi connectivity index (χ0) is 19.5. The van der Waals surface area contributed by atoms with E-state index in [4.69, 9.17) is 4.42 Å². The Bertz CT molecular complexity index is 827. The minimum atomic E-state index is -0.290. The average Bonchev–Trinajstić information content (AvgIpc) is 2.82. The molecular formula is C19H28FIN4O2. The Labute approximate surface area is 176 Å². The predicted molar refractivity (Wildman–Crippen MR) is 117 cm³/mol. The largest absolute Gasteiger partial charge is 0.459 e. The van der Waals surface area contributed by atoms with E-state index in [1.807, 2.05) is 27.7 Å². The highest BCUT2D eigenvalue weighted by atomic mass is 127. The number of aryl methyl sites for hydroxylation is 1. The Balaban J connectivity index is 0.00000364. The number of amides is 1. The van der Waals surface area contributed by atoms with Crippen molar-refractivity contribution in [1.29, 1.82) is 0 Å². The minimum Gasteiger partial charge on any atom is -0.459 e. The van der Waals surface area contributed by atoms with Gasteiger partial charge in [-0.2, -0.15) is 0 Å². The highest BCUT2D eigenvalue weighted by Crippen LogP contribution is 2.25. The fourth-order valence-corrected chi connectivity index (χ4v) is 2.70. The van der Waals surface area contributed by atoms with Gasteiger partial charge in [0, 0.05) is 30.6 Å². The summed E-state index contributed by atoms with van der Waals surface area (Å²) in [4.78, 5) is 18.0. The molecule has 0 bridgehead atoms. The van der Waals surface area contributed by atoms with Crippen LogP contribution in [0.15, 0.2) is 27.6 Å². The molecule has 1 amide bonds. The van der Waals surface area contributed by atoms with Crippen molar-refractivity contribution in [1.82, 2.24) is 15.5 Å². The Morgan fingerprint density at radius 2 is 2.00 bits per heavy atom. The Kier molecular flexibility index (Phi) is 8.06. The van der Waals surface area contributed by atoms with E-state index in [0.717, 1.165) is 10.9 Å². The topological polar surface area (TPSA) is 69.9 Å². The van der Waals surface area contributed by atoms with Crippen LogP contribution in [0.25, 0.3) is 11.0 Å². The average molecular weight is 490 g/mol. The molecule has 0 saturated carbocycles. The SMILES string of the molecule is CN=C(NCc1oc2ccc(F)cc2c1C)N(C)CC(=O)NC(C)(C)C.I. The molecule has 8 heteroatoms. The molecule has 1 heterocycles.